The minimum Gasteiger partial charge on any atom is -0.391 e. The second-order valence-corrected chi connectivity index (χ2v) is 5.03. The number of amides is 1. The molecule has 0 aromatic heterocycles. The van der Waals surface area contributed by atoms with Crippen LogP contribution in [0.15, 0.2) is 0 Å². The summed E-state index contributed by atoms with van der Waals surface area (Å²) in [5, 5.41) is 12.8. The summed E-state index contributed by atoms with van der Waals surface area (Å²) >= 11 is 0. The first-order chi connectivity index (χ1) is 7.25. The van der Waals surface area contributed by atoms with Gasteiger partial charge in [-0.25, -0.2) is 0 Å². The number of nitrogens with one attached hydrogen (secondary N) is 1. The molecule has 2 aliphatic rings. The molecule has 0 bridgehead atoms. The second kappa shape index (κ2) is 4.97. The van der Waals surface area contributed by atoms with Gasteiger partial charge in [-0.1, -0.05) is 19.3 Å². The van der Waals surface area contributed by atoms with Gasteiger partial charge in [0.25, 0.3) is 0 Å². The highest BCUT2D eigenvalue weighted by atomic mass is 16.3. The summed E-state index contributed by atoms with van der Waals surface area (Å²) in [7, 11) is 0. The van der Waals surface area contributed by atoms with Crippen LogP contribution in [0.5, 0.6) is 0 Å². The molecule has 2 rings (SSSR count). The van der Waals surface area contributed by atoms with Gasteiger partial charge < -0.3 is 10.4 Å². The summed E-state index contributed by atoms with van der Waals surface area (Å²) in [5.74, 6) is 0.774. The molecule has 2 aliphatic carbocycles. The molecule has 2 atom stereocenters. The SMILES string of the molecule is O=C(CC1CC1)NC1CCCCCC1O. The van der Waals surface area contributed by atoms with Crippen molar-refractivity contribution in [2.24, 2.45) is 5.92 Å². The van der Waals surface area contributed by atoms with E-state index in [0.29, 0.717) is 12.3 Å². The van der Waals surface area contributed by atoms with Crippen molar-refractivity contribution in [2.45, 2.75) is 63.5 Å². The molecule has 0 radical (unpaired) electrons. The zero-order valence-corrected chi connectivity index (χ0v) is 9.24. The molecule has 2 fully saturated rings. The third kappa shape index (κ3) is 3.49. The van der Waals surface area contributed by atoms with Crippen molar-refractivity contribution in [3.05, 3.63) is 0 Å². The minimum atomic E-state index is -0.323. The van der Waals surface area contributed by atoms with Crippen LogP contribution in [0.4, 0.5) is 0 Å². The number of aliphatic hydroxyl groups is 1. The Morgan fingerprint density at radius 1 is 1.13 bits per heavy atom. The largest absolute Gasteiger partial charge is 0.391 e. The van der Waals surface area contributed by atoms with E-state index in [1.54, 1.807) is 0 Å². The number of rotatable bonds is 3. The maximum atomic E-state index is 11.6. The number of aliphatic hydroxyl groups excluding tert-OH is 1. The maximum Gasteiger partial charge on any atom is 0.220 e. The Labute approximate surface area is 91.2 Å². The molecular formula is C12H21NO2. The van der Waals surface area contributed by atoms with E-state index in [9.17, 15) is 9.90 Å². The van der Waals surface area contributed by atoms with Crippen LogP contribution in [-0.4, -0.2) is 23.2 Å². The van der Waals surface area contributed by atoms with Crippen molar-refractivity contribution in [3.63, 3.8) is 0 Å². The fraction of sp³-hybridized carbons (Fsp3) is 0.917. The van der Waals surface area contributed by atoms with Crippen molar-refractivity contribution in [1.29, 1.82) is 0 Å². The lowest BCUT2D eigenvalue weighted by Gasteiger charge is -2.21. The Balaban J connectivity index is 1.76. The maximum absolute atomic E-state index is 11.6. The summed E-state index contributed by atoms with van der Waals surface area (Å²) < 4.78 is 0. The normalized spacial score (nSPS) is 32.1. The van der Waals surface area contributed by atoms with Crippen molar-refractivity contribution >= 4 is 5.91 Å². The molecule has 0 spiro atoms. The van der Waals surface area contributed by atoms with E-state index in [1.165, 1.54) is 19.3 Å². The third-order valence-electron chi connectivity index (χ3n) is 3.50. The fourth-order valence-corrected chi connectivity index (χ4v) is 2.31. The Hall–Kier alpha value is -0.570. The van der Waals surface area contributed by atoms with E-state index < -0.39 is 0 Å². The van der Waals surface area contributed by atoms with Gasteiger partial charge in [0.15, 0.2) is 0 Å². The topological polar surface area (TPSA) is 49.3 Å². The quantitative estimate of drug-likeness (QED) is 0.697. The summed E-state index contributed by atoms with van der Waals surface area (Å²) in [6.07, 6.45) is 7.96. The molecule has 0 aliphatic heterocycles. The van der Waals surface area contributed by atoms with E-state index >= 15 is 0 Å². The lowest BCUT2D eigenvalue weighted by Crippen LogP contribution is -2.42. The van der Waals surface area contributed by atoms with Crippen LogP contribution in [0.1, 0.15) is 51.4 Å². The van der Waals surface area contributed by atoms with Gasteiger partial charge in [0.05, 0.1) is 12.1 Å². The van der Waals surface area contributed by atoms with Gasteiger partial charge in [-0.3, -0.25) is 4.79 Å². The van der Waals surface area contributed by atoms with Crippen LogP contribution < -0.4 is 5.32 Å². The van der Waals surface area contributed by atoms with E-state index in [1.807, 2.05) is 0 Å². The highest BCUT2D eigenvalue weighted by Gasteiger charge is 2.27. The first kappa shape index (κ1) is 10.9. The van der Waals surface area contributed by atoms with Gasteiger partial charge in [0.1, 0.15) is 0 Å². The third-order valence-corrected chi connectivity index (χ3v) is 3.50. The number of hydrogen-bond acceptors (Lipinski definition) is 2. The fourth-order valence-electron chi connectivity index (χ4n) is 2.31. The molecule has 0 aromatic carbocycles. The highest BCUT2D eigenvalue weighted by molar-refractivity contribution is 5.76. The molecule has 3 nitrogen and oxygen atoms in total. The van der Waals surface area contributed by atoms with Gasteiger partial charge in [-0.2, -0.15) is 0 Å². The Kier molecular flexibility index (Phi) is 3.62. The van der Waals surface area contributed by atoms with E-state index in [4.69, 9.17) is 0 Å². The lowest BCUT2D eigenvalue weighted by molar-refractivity contribution is -0.123. The average Bonchev–Trinajstić information content (AvgIpc) is 2.98. The molecule has 2 saturated carbocycles. The van der Waals surface area contributed by atoms with Crippen LogP contribution in [0.3, 0.4) is 0 Å². The standard InChI is InChI=1S/C12H21NO2/c14-11-5-3-1-2-4-10(11)13-12(15)8-9-6-7-9/h9-11,14H,1-8H2,(H,13,15). The average molecular weight is 211 g/mol. The molecule has 0 heterocycles. The van der Waals surface area contributed by atoms with Gasteiger partial charge >= 0.3 is 0 Å². The molecule has 2 N–H and O–H groups in total. The first-order valence-electron chi connectivity index (χ1n) is 6.23. The van der Waals surface area contributed by atoms with Gasteiger partial charge in [-0.15, -0.1) is 0 Å². The molecule has 2 unspecified atom stereocenters. The number of carbonyl (C=O) groups is 1. The Morgan fingerprint density at radius 3 is 2.60 bits per heavy atom. The van der Waals surface area contributed by atoms with Gasteiger partial charge in [0.2, 0.25) is 5.91 Å². The summed E-state index contributed by atoms with van der Waals surface area (Å²) in [4.78, 5) is 11.6. The minimum absolute atomic E-state index is 0.0127. The second-order valence-electron chi connectivity index (χ2n) is 5.03. The van der Waals surface area contributed by atoms with Crippen LogP contribution in [0.2, 0.25) is 0 Å². The van der Waals surface area contributed by atoms with Gasteiger partial charge in [0, 0.05) is 6.42 Å². The molecular weight excluding hydrogens is 190 g/mol. The van der Waals surface area contributed by atoms with Crippen molar-refractivity contribution in [3.8, 4) is 0 Å². The van der Waals surface area contributed by atoms with E-state index in [0.717, 1.165) is 25.7 Å². The summed E-state index contributed by atoms with van der Waals surface area (Å²) in [6, 6.07) is 0.0127. The van der Waals surface area contributed by atoms with E-state index in [-0.39, 0.29) is 18.1 Å². The monoisotopic (exact) mass is 211 g/mol. The van der Waals surface area contributed by atoms with Crippen molar-refractivity contribution < 1.29 is 9.90 Å². The van der Waals surface area contributed by atoms with Crippen molar-refractivity contribution in [2.75, 3.05) is 0 Å². The smallest absolute Gasteiger partial charge is 0.220 e. The van der Waals surface area contributed by atoms with Gasteiger partial charge in [-0.05, 0) is 31.6 Å². The van der Waals surface area contributed by atoms with Crippen molar-refractivity contribution in [1.82, 2.24) is 5.32 Å². The van der Waals surface area contributed by atoms with Crippen LogP contribution >= 0.6 is 0 Å². The Bertz CT molecular complexity index is 226. The molecule has 15 heavy (non-hydrogen) atoms. The first-order valence-corrected chi connectivity index (χ1v) is 6.23. The zero-order chi connectivity index (χ0) is 10.7. The molecule has 1 amide bonds. The highest BCUT2D eigenvalue weighted by Crippen LogP contribution is 2.32. The zero-order valence-electron chi connectivity index (χ0n) is 9.24. The predicted molar refractivity (Wildman–Crippen MR) is 58.4 cm³/mol. The molecule has 86 valence electrons. The summed E-state index contributed by atoms with van der Waals surface area (Å²) in [6.45, 7) is 0. The Morgan fingerprint density at radius 2 is 1.87 bits per heavy atom. The van der Waals surface area contributed by atoms with Crippen LogP contribution in [0, 0.1) is 5.92 Å². The number of hydrogen-bond donors (Lipinski definition) is 2. The van der Waals surface area contributed by atoms with E-state index in [2.05, 4.69) is 5.32 Å². The predicted octanol–water partition coefficient (Wildman–Crippen LogP) is 1.60. The lowest BCUT2D eigenvalue weighted by atomic mass is 10.1. The van der Waals surface area contributed by atoms with Crippen LogP contribution in [0.25, 0.3) is 0 Å². The molecule has 0 saturated heterocycles. The molecule has 3 heteroatoms. The number of carbonyl (C=O) groups excluding carboxylic acids is 1. The van der Waals surface area contributed by atoms with Crippen LogP contribution in [-0.2, 0) is 4.79 Å². The molecule has 0 aromatic rings. The summed E-state index contributed by atoms with van der Waals surface area (Å²) in [5.41, 5.74) is 0.